The maximum Gasteiger partial charge on any atom is 0.407 e. The molecule has 1 aliphatic heterocycles. The van der Waals surface area contributed by atoms with E-state index in [0.29, 0.717) is 6.42 Å². The number of carbonyl (C=O) groups excluding carboxylic acids is 2. The van der Waals surface area contributed by atoms with Gasteiger partial charge < -0.3 is 20.1 Å². The summed E-state index contributed by atoms with van der Waals surface area (Å²) in [6.45, 7) is 0.831. The monoisotopic (exact) mass is 462 g/mol. The van der Waals surface area contributed by atoms with Crippen molar-refractivity contribution in [2.24, 2.45) is 11.8 Å². The molecule has 5 rings (SSSR count). The van der Waals surface area contributed by atoms with Crippen molar-refractivity contribution in [3.8, 4) is 11.1 Å². The van der Waals surface area contributed by atoms with Crippen LogP contribution in [0.1, 0.15) is 49.1 Å². The summed E-state index contributed by atoms with van der Waals surface area (Å²) < 4.78 is 5.71. The largest absolute Gasteiger partial charge is 0.481 e. The molecule has 7 nitrogen and oxygen atoms in total. The number of carboxylic acids is 1. The van der Waals surface area contributed by atoms with Gasteiger partial charge in [-0.25, -0.2) is 4.79 Å². The van der Waals surface area contributed by atoms with Crippen molar-refractivity contribution in [1.29, 1.82) is 0 Å². The van der Waals surface area contributed by atoms with Crippen LogP contribution < -0.4 is 5.32 Å². The van der Waals surface area contributed by atoms with Gasteiger partial charge in [-0.05, 0) is 41.0 Å². The fourth-order valence-electron chi connectivity index (χ4n) is 5.63. The Kier molecular flexibility index (Phi) is 6.26. The van der Waals surface area contributed by atoms with E-state index in [9.17, 15) is 14.4 Å². The topological polar surface area (TPSA) is 95.9 Å². The van der Waals surface area contributed by atoms with E-state index < -0.39 is 18.0 Å². The molecule has 2 atom stereocenters. The second kappa shape index (κ2) is 9.49. The molecule has 2 amide bonds. The number of amides is 2. The third kappa shape index (κ3) is 4.39. The van der Waals surface area contributed by atoms with Crippen LogP contribution in [0.25, 0.3) is 11.1 Å². The number of alkyl carbamates (subject to hydrolysis) is 1. The number of nitrogens with zero attached hydrogens (tertiary/aromatic N) is 1. The standard InChI is InChI=1S/C27H30N2O5/c30-25(29-14-18(15-29)26(31)32)13-17-7-1-6-12-24(17)28-27(33)34-16-23-21-10-4-2-8-19(21)20-9-3-5-11-22(20)23/h2-5,8-11,17-18,23-24H,1,6-7,12-16H2,(H,28,33)(H,31,32)/t17-,24-/m1/s1. The van der Waals surface area contributed by atoms with Crippen LogP contribution in [0, 0.1) is 11.8 Å². The number of carboxylic acid groups (broad SMARTS) is 1. The second-order valence-corrected chi connectivity index (χ2v) is 9.66. The smallest absolute Gasteiger partial charge is 0.407 e. The van der Waals surface area contributed by atoms with E-state index in [1.807, 2.05) is 24.3 Å². The van der Waals surface area contributed by atoms with Crippen molar-refractivity contribution >= 4 is 18.0 Å². The Hall–Kier alpha value is -3.35. The van der Waals surface area contributed by atoms with Gasteiger partial charge in [-0.15, -0.1) is 0 Å². The Labute approximate surface area is 199 Å². The Bertz CT molecular complexity index is 1050. The van der Waals surface area contributed by atoms with Crippen LogP contribution in [-0.4, -0.2) is 53.7 Å². The summed E-state index contributed by atoms with van der Waals surface area (Å²) in [6.07, 6.45) is 3.61. The number of likely N-dealkylation sites (tertiary alicyclic amines) is 1. The molecule has 2 N–H and O–H groups in total. The molecule has 2 aromatic rings. The summed E-state index contributed by atoms with van der Waals surface area (Å²) in [5, 5.41) is 12.1. The minimum absolute atomic E-state index is 0.00970. The number of hydrogen-bond donors (Lipinski definition) is 2. The van der Waals surface area contributed by atoms with Gasteiger partial charge in [0.1, 0.15) is 6.61 Å². The Morgan fingerprint density at radius 1 is 0.941 bits per heavy atom. The first-order valence-corrected chi connectivity index (χ1v) is 12.1. The van der Waals surface area contributed by atoms with E-state index in [-0.39, 0.29) is 43.5 Å². The van der Waals surface area contributed by atoms with Crippen molar-refractivity contribution < 1.29 is 24.2 Å². The molecule has 7 heteroatoms. The average Bonchev–Trinajstić information content (AvgIpc) is 3.11. The van der Waals surface area contributed by atoms with Crippen LogP contribution in [0.2, 0.25) is 0 Å². The first kappa shape index (κ1) is 22.4. The summed E-state index contributed by atoms with van der Waals surface area (Å²) in [5.74, 6) is -1.27. The van der Waals surface area contributed by atoms with E-state index >= 15 is 0 Å². The van der Waals surface area contributed by atoms with Crippen LogP contribution >= 0.6 is 0 Å². The molecule has 2 fully saturated rings. The number of ether oxygens (including phenoxy) is 1. The van der Waals surface area contributed by atoms with Crippen molar-refractivity contribution in [1.82, 2.24) is 10.2 Å². The molecule has 0 unspecified atom stereocenters. The fourth-order valence-corrected chi connectivity index (χ4v) is 5.63. The van der Waals surface area contributed by atoms with Crippen molar-refractivity contribution in [2.75, 3.05) is 19.7 Å². The van der Waals surface area contributed by atoms with E-state index in [4.69, 9.17) is 9.84 Å². The summed E-state index contributed by atoms with van der Waals surface area (Å²) in [6, 6.07) is 16.4. The number of aliphatic carboxylic acids is 1. The van der Waals surface area contributed by atoms with E-state index in [1.165, 1.54) is 22.3 Å². The highest BCUT2D eigenvalue weighted by Crippen LogP contribution is 2.44. The van der Waals surface area contributed by atoms with Crippen LogP contribution in [-0.2, 0) is 14.3 Å². The third-order valence-corrected chi connectivity index (χ3v) is 7.58. The molecule has 3 aliphatic rings. The lowest BCUT2D eigenvalue weighted by atomic mass is 9.81. The zero-order valence-electron chi connectivity index (χ0n) is 19.1. The number of hydrogen-bond acceptors (Lipinski definition) is 4. The SMILES string of the molecule is O=C(N[C@@H]1CCCC[C@@H]1CC(=O)N1CC(C(=O)O)C1)OCC1c2ccccc2-c2ccccc21. The molecule has 34 heavy (non-hydrogen) atoms. The molecule has 1 saturated carbocycles. The summed E-state index contributed by atoms with van der Waals surface area (Å²) in [5.41, 5.74) is 4.72. The molecule has 0 radical (unpaired) electrons. The second-order valence-electron chi connectivity index (χ2n) is 9.66. The molecule has 0 bridgehead atoms. The van der Waals surface area contributed by atoms with Crippen LogP contribution in [0.5, 0.6) is 0 Å². The van der Waals surface area contributed by atoms with Gasteiger partial charge in [0.25, 0.3) is 0 Å². The Morgan fingerprint density at radius 2 is 1.56 bits per heavy atom. The zero-order valence-corrected chi connectivity index (χ0v) is 19.1. The van der Waals surface area contributed by atoms with Crippen LogP contribution in [0.3, 0.4) is 0 Å². The molecule has 2 aromatic carbocycles. The lowest BCUT2D eigenvalue weighted by Gasteiger charge is -2.39. The minimum Gasteiger partial charge on any atom is -0.481 e. The zero-order chi connectivity index (χ0) is 23.7. The first-order chi connectivity index (χ1) is 16.5. The molecule has 178 valence electrons. The molecule has 0 spiro atoms. The summed E-state index contributed by atoms with van der Waals surface area (Å²) >= 11 is 0. The number of nitrogens with one attached hydrogen (secondary N) is 1. The van der Waals surface area contributed by atoms with Gasteiger partial charge in [-0.3, -0.25) is 9.59 Å². The van der Waals surface area contributed by atoms with Gasteiger partial charge in [-0.1, -0.05) is 61.4 Å². The van der Waals surface area contributed by atoms with Crippen molar-refractivity contribution in [3.05, 3.63) is 59.7 Å². The molecular weight excluding hydrogens is 432 g/mol. The van der Waals surface area contributed by atoms with E-state index in [0.717, 1.165) is 25.7 Å². The van der Waals surface area contributed by atoms with E-state index in [2.05, 4.69) is 29.6 Å². The highest BCUT2D eigenvalue weighted by Gasteiger charge is 2.38. The lowest BCUT2D eigenvalue weighted by molar-refractivity contribution is -0.153. The number of carbonyl (C=O) groups is 3. The maximum absolute atomic E-state index is 12.7. The van der Waals surface area contributed by atoms with E-state index in [1.54, 1.807) is 4.90 Å². The molecule has 0 aromatic heterocycles. The number of fused-ring (bicyclic) bond motifs is 3. The Balaban J connectivity index is 1.17. The van der Waals surface area contributed by atoms with Gasteiger partial charge in [0.2, 0.25) is 5.91 Å². The predicted octanol–water partition coefficient (Wildman–Crippen LogP) is 4.02. The quantitative estimate of drug-likeness (QED) is 0.676. The Morgan fingerprint density at radius 3 is 2.21 bits per heavy atom. The molecule has 1 saturated heterocycles. The number of rotatable bonds is 6. The number of benzene rings is 2. The molecule has 2 aliphatic carbocycles. The van der Waals surface area contributed by atoms with Gasteiger partial charge in [0.15, 0.2) is 0 Å². The fraction of sp³-hybridized carbons (Fsp3) is 0.444. The van der Waals surface area contributed by atoms with Crippen molar-refractivity contribution in [2.45, 2.75) is 44.1 Å². The van der Waals surface area contributed by atoms with Gasteiger partial charge in [0, 0.05) is 31.5 Å². The normalized spacial score (nSPS) is 21.8. The van der Waals surface area contributed by atoms with Gasteiger partial charge in [-0.2, -0.15) is 0 Å². The van der Waals surface area contributed by atoms with Crippen LogP contribution in [0.15, 0.2) is 48.5 Å². The highest BCUT2D eigenvalue weighted by atomic mass is 16.5. The van der Waals surface area contributed by atoms with Gasteiger partial charge in [0.05, 0.1) is 5.92 Å². The lowest BCUT2D eigenvalue weighted by Crippen LogP contribution is -2.54. The van der Waals surface area contributed by atoms with Crippen LogP contribution in [0.4, 0.5) is 4.79 Å². The summed E-state index contributed by atoms with van der Waals surface area (Å²) in [4.78, 5) is 38.0. The average molecular weight is 463 g/mol. The summed E-state index contributed by atoms with van der Waals surface area (Å²) in [7, 11) is 0. The minimum atomic E-state index is -0.850. The molecular formula is C27H30N2O5. The highest BCUT2D eigenvalue weighted by molar-refractivity contribution is 5.81. The molecule has 1 heterocycles. The maximum atomic E-state index is 12.7. The first-order valence-electron chi connectivity index (χ1n) is 12.1. The predicted molar refractivity (Wildman–Crippen MR) is 126 cm³/mol. The van der Waals surface area contributed by atoms with Gasteiger partial charge >= 0.3 is 12.1 Å². The van der Waals surface area contributed by atoms with Crippen molar-refractivity contribution in [3.63, 3.8) is 0 Å². The third-order valence-electron chi connectivity index (χ3n) is 7.58.